The molecular formula is C7H11N3. The minimum atomic E-state index is 0.241. The summed E-state index contributed by atoms with van der Waals surface area (Å²) < 4.78 is 0. The van der Waals surface area contributed by atoms with Gasteiger partial charge in [0.25, 0.3) is 0 Å². The van der Waals surface area contributed by atoms with Crippen molar-refractivity contribution >= 4 is 0 Å². The molecule has 3 nitrogen and oxygen atoms in total. The summed E-state index contributed by atoms with van der Waals surface area (Å²) in [5.41, 5.74) is 0. The van der Waals surface area contributed by atoms with E-state index in [2.05, 4.69) is 13.1 Å². The van der Waals surface area contributed by atoms with E-state index in [4.69, 9.17) is 5.26 Å². The maximum Gasteiger partial charge on any atom is 0.185 e. The van der Waals surface area contributed by atoms with Crippen LogP contribution in [0.4, 0.5) is 0 Å². The second kappa shape index (κ2) is 2.61. The van der Waals surface area contributed by atoms with Gasteiger partial charge in [-0.25, -0.2) is 0 Å². The normalized spacial score (nSPS) is 23.5. The average molecular weight is 137 g/mol. The van der Waals surface area contributed by atoms with Crippen LogP contribution in [0.3, 0.4) is 0 Å². The Hall–Kier alpha value is -1.17. The fraction of sp³-hybridized carbons (Fsp3) is 0.571. The van der Waals surface area contributed by atoms with Crippen molar-refractivity contribution in [2.45, 2.75) is 19.5 Å². The van der Waals surface area contributed by atoms with Crippen LogP contribution in [-0.2, 0) is 0 Å². The number of nitrogens with zero attached hydrogens (tertiary/aromatic N) is 3. The van der Waals surface area contributed by atoms with Crippen LogP contribution in [0, 0.1) is 11.5 Å². The molecule has 0 aromatic heterocycles. The Morgan fingerprint density at radius 1 is 1.60 bits per heavy atom. The van der Waals surface area contributed by atoms with Crippen molar-refractivity contribution in [3.8, 4) is 6.19 Å². The largest absolute Gasteiger partial charge is 0.358 e. The van der Waals surface area contributed by atoms with Crippen LogP contribution >= 0.6 is 0 Å². The summed E-state index contributed by atoms with van der Waals surface area (Å²) in [6, 6.07) is 0. The maximum absolute atomic E-state index is 8.58. The molecule has 54 valence electrons. The molecule has 0 amide bonds. The van der Waals surface area contributed by atoms with E-state index < -0.39 is 0 Å². The lowest BCUT2D eigenvalue weighted by molar-refractivity contribution is 0.225. The predicted octanol–water partition coefficient (Wildman–Crippen LogP) is 0.922. The summed E-state index contributed by atoms with van der Waals surface area (Å²) in [5.74, 6) is 0. The summed E-state index contributed by atoms with van der Waals surface area (Å²) in [6.45, 7) is 2.07. The first kappa shape index (κ1) is 6.94. The van der Waals surface area contributed by atoms with Gasteiger partial charge in [-0.1, -0.05) is 6.92 Å². The van der Waals surface area contributed by atoms with Crippen LogP contribution in [-0.4, -0.2) is 23.0 Å². The van der Waals surface area contributed by atoms with Gasteiger partial charge in [-0.15, -0.1) is 0 Å². The molecule has 0 spiro atoms. The molecule has 0 saturated carbocycles. The standard InChI is InChI=1S/C7H11N3/c1-3-7-9(2)4-5-10(7)6-8/h4-5,7H,3H2,1-2H3. The van der Waals surface area contributed by atoms with E-state index in [1.165, 1.54) is 0 Å². The molecule has 0 aromatic rings. The van der Waals surface area contributed by atoms with Gasteiger partial charge in [-0.3, -0.25) is 4.90 Å². The molecule has 1 heterocycles. The van der Waals surface area contributed by atoms with Gasteiger partial charge in [0.15, 0.2) is 6.19 Å². The zero-order valence-electron chi connectivity index (χ0n) is 6.28. The van der Waals surface area contributed by atoms with Gasteiger partial charge in [0.1, 0.15) is 6.17 Å². The smallest absolute Gasteiger partial charge is 0.185 e. The summed E-state index contributed by atoms with van der Waals surface area (Å²) in [6.07, 6.45) is 7.02. The molecule has 10 heavy (non-hydrogen) atoms. The van der Waals surface area contributed by atoms with Crippen molar-refractivity contribution in [2.24, 2.45) is 0 Å². The fourth-order valence-corrected chi connectivity index (χ4v) is 1.16. The third-order valence-corrected chi connectivity index (χ3v) is 1.73. The van der Waals surface area contributed by atoms with Gasteiger partial charge >= 0.3 is 0 Å². The van der Waals surface area contributed by atoms with Crippen LogP contribution in [0.5, 0.6) is 0 Å². The second-order valence-corrected chi connectivity index (χ2v) is 2.36. The highest BCUT2D eigenvalue weighted by Gasteiger charge is 2.20. The number of hydrogen-bond acceptors (Lipinski definition) is 3. The molecule has 3 heteroatoms. The third-order valence-electron chi connectivity index (χ3n) is 1.73. The van der Waals surface area contributed by atoms with E-state index in [1.54, 1.807) is 11.1 Å². The zero-order valence-corrected chi connectivity index (χ0v) is 6.28. The van der Waals surface area contributed by atoms with Crippen molar-refractivity contribution in [3.63, 3.8) is 0 Å². The van der Waals surface area contributed by atoms with Crippen LogP contribution in [0.25, 0.3) is 0 Å². The van der Waals surface area contributed by atoms with Gasteiger partial charge < -0.3 is 4.90 Å². The van der Waals surface area contributed by atoms with Crippen LogP contribution in [0.2, 0.25) is 0 Å². The highest BCUT2D eigenvalue weighted by Crippen LogP contribution is 2.14. The Balaban J connectivity index is 2.64. The van der Waals surface area contributed by atoms with Gasteiger partial charge in [-0.05, 0) is 6.42 Å². The predicted molar refractivity (Wildman–Crippen MR) is 38.4 cm³/mol. The van der Waals surface area contributed by atoms with Crippen LogP contribution in [0.1, 0.15) is 13.3 Å². The van der Waals surface area contributed by atoms with Crippen LogP contribution < -0.4 is 0 Å². The molecule has 1 aliphatic heterocycles. The summed E-state index contributed by atoms with van der Waals surface area (Å²) in [5, 5.41) is 8.58. The highest BCUT2D eigenvalue weighted by molar-refractivity contribution is 5.00. The first-order chi connectivity index (χ1) is 4.79. The molecule has 0 fully saturated rings. The number of rotatable bonds is 1. The van der Waals surface area contributed by atoms with E-state index in [-0.39, 0.29) is 6.17 Å². The summed E-state index contributed by atoms with van der Waals surface area (Å²) >= 11 is 0. The molecular weight excluding hydrogens is 126 g/mol. The second-order valence-electron chi connectivity index (χ2n) is 2.36. The topological polar surface area (TPSA) is 30.3 Å². The Kier molecular flexibility index (Phi) is 1.81. The Bertz CT molecular complexity index is 180. The number of hydrogen-bond donors (Lipinski definition) is 0. The molecule has 0 aliphatic carbocycles. The van der Waals surface area contributed by atoms with Crippen molar-refractivity contribution in [2.75, 3.05) is 7.05 Å². The van der Waals surface area contributed by atoms with E-state index in [1.807, 2.05) is 18.1 Å². The van der Waals surface area contributed by atoms with Gasteiger partial charge in [0.2, 0.25) is 0 Å². The molecule has 1 atom stereocenters. The molecule has 1 aliphatic rings. The number of nitriles is 1. The first-order valence-electron chi connectivity index (χ1n) is 3.38. The van der Waals surface area contributed by atoms with E-state index in [9.17, 15) is 0 Å². The molecule has 0 N–H and O–H groups in total. The molecule has 0 saturated heterocycles. The Morgan fingerprint density at radius 3 is 2.70 bits per heavy atom. The Labute approximate surface area is 61.1 Å². The van der Waals surface area contributed by atoms with Crippen molar-refractivity contribution in [1.29, 1.82) is 5.26 Å². The van der Waals surface area contributed by atoms with Crippen molar-refractivity contribution in [3.05, 3.63) is 12.4 Å². The lowest BCUT2D eigenvalue weighted by Crippen LogP contribution is -2.32. The van der Waals surface area contributed by atoms with Crippen LogP contribution in [0.15, 0.2) is 12.4 Å². The summed E-state index contributed by atoms with van der Waals surface area (Å²) in [4.78, 5) is 3.68. The fourth-order valence-electron chi connectivity index (χ4n) is 1.16. The highest BCUT2D eigenvalue weighted by atomic mass is 15.4. The minimum absolute atomic E-state index is 0.241. The lowest BCUT2D eigenvalue weighted by Gasteiger charge is -2.23. The monoisotopic (exact) mass is 137 g/mol. The molecule has 0 bridgehead atoms. The minimum Gasteiger partial charge on any atom is -0.358 e. The lowest BCUT2D eigenvalue weighted by atomic mass is 10.3. The van der Waals surface area contributed by atoms with E-state index >= 15 is 0 Å². The quantitative estimate of drug-likeness (QED) is 0.503. The van der Waals surface area contributed by atoms with Crippen molar-refractivity contribution in [1.82, 2.24) is 9.80 Å². The van der Waals surface area contributed by atoms with E-state index in [0.717, 1.165) is 6.42 Å². The third kappa shape index (κ3) is 0.926. The molecule has 1 unspecified atom stereocenters. The van der Waals surface area contributed by atoms with Gasteiger partial charge in [-0.2, -0.15) is 5.26 Å². The first-order valence-corrected chi connectivity index (χ1v) is 3.38. The Morgan fingerprint density at radius 2 is 2.30 bits per heavy atom. The summed E-state index contributed by atoms with van der Waals surface area (Å²) in [7, 11) is 1.97. The van der Waals surface area contributed by atoms with Gasteiger partial charge in [0.05, 0.1) is 0 Å². The SMILES string of the molecule is CCC1N(C)C=CN1C#N. The van der Waals surface area contributed by atoms with Crippen molar-refractivity contribution < 1.29 is 0 Å². The van der Waals surface area contributed by atoms with Gasteiger partial charge in [0, 0.05) is 19.4 Å². The average Bonchev–Trinajstić information content (AvgIpc) is 2.30. The molecule has 0 aromatic carbocycles. The molecule has 1 rings (SSSR count). The van der Waals surface area contributed by atoms with E-state index in [0.29, 0.717) is 0 Å². The zero-order chi connectivity index (χ0) is 7.56. The maximum atomic E-state index is 8.58. The molecule has 0 radical (unpaired) electrons.